The van der Waals surface area contributed by atoms with E-state index in [2.05, 4.69) is 5.32 Å². The maximum absolute atomic E-state index is 13.6. The van der Waals surface area contributed by atoms with E-state index in [4.69, 9.17) is 0 Å². The van der Waals surface area contributed by atoms with Crippen LogP contribution in [0.25, 0.3) is 10.9 Å². The van der Waals surface area contributed by atoms with Crippen LogP contribution >= 0.6 is 0 Å². The highest BCUT2D eigenvalue weighted by Gasteiger charge is 2.18. The highest BCUT2D eigenvalue weighted by Crippen LogP contribution is 2.26. The summed E-state index contributed by atoms with van der Waals surface area (Å²) in [6, 6.07) is 2.98. The molecule has 3 nitrogen and oxygen atoms in total. The normalized spacial score (nSPS) is 16.5. The summed E-state index contributed by atoms with van der Waals surface area (Å²) in [7, 11) is 1.85. The van der Waals surface area contributed by atoms with Crippen molar-refractivity contribution in [2.24, 2.45) is 13.0 Å². The third kappa shape index (κ3) is 3.41. The molecule has 1 heterocycles. The quantitative estimate of drug-likeness (QED) is 0.840. The average molecular weight is 316 g/mol. The maximum Gasteiger partial charge on any atom is 0.253 e. The fourth-order valence-electron chi connectivity index (χ4n) is 3.75. The largest absolute Gasteiger partial charge is 0.352 e. The van der Waals surface area contributed by atoms with Gasteiger partial charge in [-0.25, -0.2) is 4.39 Å². The van der Waals surface area contributed by atoms with Crippen molar-refractivity contribution < 1.29 is 9.18 Å². The first-order valence-corrected chi connectivity index (χ1v) is 8.59. The minimum Gasteiger partial charge on any atom is -0.352 e. The predicted molar refractivity (Wildman–Crippen MR) is 91.1 cm³/mol. The molecule has 1 aromatic carbocycles. The van der Waals surface area contributed by atoms with E-state index in [-0.39, 0.29) is 11.7 Å². The van der Waals surface area contributed by atoms with Gasteiger partial charge in [-0.15, -0.1) is 0 Å². The van der Waals surface area contributed by atoms with Crippen molar-refractivity contribution in [1.82, 2.24) is 9.88 Å². The van der Waals surface area contributed by atoms with E-state index >= 15 is 0 Å². The van der Waals surface area contributed by atoms with E-state index < -0.39 is 0 Å². The highest BCUT2D eigenvalue weighted by atomic mass is 19.1. The summed E-state index contributed by atoms with van der Waals surface area (Å²) in [6.07, 6.45) is 9.40. The molecule has 0 spiro atoms. The van der Waals surface area contributed by atoms with Crippen LogP contribution in [0.2, 0.25) is 0 Å². The van der Waals surface area contributed by atoms with Crippen LogP contribution in [0.5, 0.6) is 0 Å². The summed E-state index contributed by atoms with van der Waals surface area (Å²) >= 11 is 0. The molecule has 1 saturated carbocycles. The molecule has 1 aliphatic carbocycles. The molecule has 0 atom stereocenters. The number of hydrogen-bond donors (Lipinski definition) is 1. The number of carbonyl (C=O) groups excluding carboxylic acids is 1. The second-order valence-corrected chi connectivity index (χ2v) is 6.84. The summed E-state index contributed by atoms with van der Waals surface area (Å²) < 4.78 is 15.4. The van der Waals surface area contributed by atoms with E-state index in [1.54, 1.807) is 6.20 Å². The molecule has 0 unspecified atom stereocenters. The fraction of sp³-hybridized carbons (Fsp3) is 0.526. The van der Waals surface area contributed by atoms with E-state index in [1.165, 1.54) is 50.7 Å². The van der Waals surface area contributed by atoms with Crippen LogP contribution in [0.15, 0.2) is 18.3 Å². The SMILES string of the molecule is Cc1cc(F)cc2c1c(C(=O)NCC1CCCCCC1)cn2C. The van der Waals surface area contributed by atoms with Crippen LogP contribution < -0.4 is 5.32 Å². The van der Waals surface area contributed by atoms with E-state index in [1.807, 2.05) is 18.5 Å². The van der Waals surface area contributed by atoms with Crippen molar-refractivity contribution >= 4 is 16.8 Å². The Morgan fingerprint density at radius 1 is 1.26 bits per heavy atom. The molecule has 1 aromatic heterocycles. The number of carbonyl (C=O) groups is 1. The Morgan fingerprint density at radius 2 is 1.96 bits per heavy atom. The van der Waals surface area contributed by atoms with Gasteiger partial charge >= 0.3 is 0 Å². The van der Waals surface area contributed by atoms with Gasteiger partial charge < -0.3 is 9.88 Å². The second-order valence-electron chi connectivity index (χ2n) is 6.84. The Hall–Kier alpha value is -1.84. The number of nitrogens with one attached hydrogen (secondary N) is 1. The predicted octanol–water partition coefficient (Wildman–Crippen LogP) is 4.33. The first-order valence-electron chi connectivity index (χ1n) is 8.59. The molecule has 2 aromatic rings. The van der Waals surface area contributed by atoms with Crippen LogP contribution in [0.1, 0.15) is 54.4 Å². The molecule has 1 aliphatic rings. The van der Waals surface area contributed by atoms with Crippen molar-refractivity contribution in [3.63, 3.8) is 0 Å². The molecule has 1 fully saturated rings. The van der Waals surface area contributed by atoms with Gasteiger partial charge in [0.25, 0.3) is 5.91 Å². The number of aromatic nitrogens is 1. The second kappa shape index (κ2) is 6.73. The van der Waals surface area contributed by atoms with Crippen molar-refractivity contribution in [3.8, 4) is 0 Å². The van der Waals surface area contributed by atoms with Crippen LogP contribution in [0, 0.1) is 18.7 Å². The lowest BCUT2D eigenvalue weighted by atomic mass is 10.00. The van der Waals surface area contributed by atoms with Crippen LogP contribution in [-0.2, 0) is 7.05 Å². The number of aryl methyl sites for hydroxylation is 2. The zero-order valence-corrected chi connectivity index (χ0v) is 14.0. The zero-order chi connectivity index (χ0) is 16.4. The van der Waals surface area contributed by atoms with Crippen LogP contribution in [0.3, 0.4) is 0 Å². The zero-order valence-electron chi connectivity index (χ0n) is 14.0. The number of halogens is 1. The molecule has 3 rings (SSSR count). The molecule has 0 radical (unpaired) electrons. The van der Waals surface area contributed by atoms with E-state index in [9.17, 15) is 9.18 Å². The molecule has 0 saturated heterocycles. The lowest BCUT2D eigenvalue weighted by molar-refractivity contribution is 0.0947. The minimum atomic E-state index is -0.262. The van der Waals surface area contributed by atoms with Crippen molar-refractivity contribution in [1.29, 1.82) is 0 Å². The first kappa shape index (κ1) is 16.0. The molecule has 1 N–H and O–H groups in total. The molecule has 124 valence electrons. The maximum atomic E-state index is 13.6. The highest BCUT2D eigenvalue weighted by molar-refractivity contribution is 6.08. The average Bonchev–Trinajstić information content (AvgIpc) is 2.71. The summed E-state index contributed by atoms with van der Waals surface area (Å²) in [5, 5.41) is 3.95. The summed E-state index contributed by atoms with van der Waals surface area (Å²) in [4.78, 5) is 12.6. The molecule has 23 heavy (non-hydrogen) atoms. The number of nitrogens with zero attached hydrogens (tertiary/aromatic N) is 1. The van der Waals surface area contributed by atoms with Gasteiger partial charge in [0, 0.05) is 25.2 Å². The molecule has 0 bridgehead atoms. The third-order valence-corrected chi connectivity index (χ3v) is 5.02. The van der Waals surface area contributed by atoms with E-state index in [0.717, 1.165) is 23.0 Å². The number of amides is 1. The number of fused-ring (bicyclic) bond motifs is 1. The monoisotopic (exact) mass is 316 g/mol. The van der Waals surface area contributed by atoms with Crippen LogP contribution in [0.4, 0.5) is 4.39 Å². The topological polar surface area (TPSA) is 34.0 Å². The van der Waals surface area contributed by atoms with Crippen molar-refractivity contribution in [3.05, 3.63) is 35.3 Å². The van der Waals surface area contributed by atoms with Gasteiger partial charge in [0.15, 0.2) is 0 Å². The molecular weight excluding hydrogens is 291 g/mol. The van der Waals surface area contributed by atoms with Gasteiger partial charge in [0.05, 0.1) is 11.1 Å². The van der Waals surface area contributed by atoms with Gasteiger partial charge in [-0.2, -0.15) is 0 Å². The minimum absolute atomic E-state index is 0.0467. The number of hydrogen-bond acceptors (Lipinski definition) is 1. The fourth-order valence-corrected chi connectivity index (χ4v) is 3.75. The Bertz CT molecular complexity index is 712. The number of benzene rings is 1. The van der Waals surface area contributed by atoms with Gasteiger partial charge in [-0.1, -0.05) is 25.7 Å². The van der Waals surface area contributed by atoms with Gasteiger partial charge in [0.1, 0.15) is 5.82 Å². The lowest BCUT2D eigenvalue weighted by Crippen LogP contribution is -2.29. The Morgan fingerprint density at radius 3 is 2.65 bits per heavy atom. The van der Waals surface area contributed by atoms with Crippen molar-refractivity contribution in [2.75, 3.05) is 6.54 Å². The standard InChI is InChI=1S/C19H25FN2O/c1-13-9-15(20)10-17-18(13)16(12-22(17)2)19(23)21-11-14-7-5-3-4-6-8-14/h9-10,12,14H,3-8,11H2,1-2H3,(H,21,23). The van der Waals surface area contributed by atoms with Crippen LogP contribution in [-0.4, -0.2) is 17.0 Å². The first-order chi connectivity index (χ1) is 11.1. The Labute approximate surface area is 136 Å². The molecule has 4 heteroatoms. The van der Waals surface area contributed by atoms with Gasteiger partial charge in [-0.05, 0) is 43.4 Å². The smallest absolute Gasteiger partial charge is 0.253 e. The Balaban J connectivity index is 1.78. The summed E-state index contributed by atoms with van der Waals surface area (Å²) in [5.41, 5.74) is 2.22. The molecular formula is C19H25FN2O. The lowest BCUT2D eigenvalue weighted by Gasteiger charge is -2.14. The summed E-state index contributed by atoms with van der Waals surface area (Å²) in [5.74, 6) is 0.283. The number of rotatable bonds is 3. The Kier molecular flexibility index (Phi) is 4.69. The molecule has 1 amide bonds. The van der Waals surface area contributed by atoms with Gasteiger partial charge in [-0.3, -0.25) is 4.79 Å². The summed E-state index contributed by atoms with van der Waals surface area (Å²) in [6.45, 7) is 2.60. The third-order valence-electron chi connectivity index (χ3n) is 5.02. The van der Waals surface area contributed by atoms with E-state index in [0.29, 0.717) is 11.5 Å². The molecule has 0 aliphatic heterocycles. The van der Waals surface area contributed by atoms with Gasteiger partial charge in [0.2, 0.25) is 0 Å². The van der Waals surface area contributed by atoms with Crippen molar-refractivity contribution in [2.45, 2.75) is 45.4 Å².